The van der Waals surface area contributed by atoms with Crippen molar-refractivity contribution >= 4 is 0 Å². The van der Waals surface area contributed by atoms with E-state index < -0.39 is 0 Å². The molecule has 62 valence electrons. The highest BCUT2D eigenvalue weighted by molar-refractivity contribution is 5.09. The topological polar surface area (TPSA) is 22.0 Å². The summed E-state index contributed by atoms with van der Waals surface area (Å²) in [6, 6.07) is 3.66. The Bertz CT molecular complexity index is 379. The molecule has 2 heteroatoms. The van der Waals surface area contributed by atoms with E-state index in [1.807, 2.05) is 6.07 Å². The van der Waals surface area contributed by atoms with Crippen LogP contribution in [0.4, 0.5) is 0 Å². The maximum absolute atomic E-state index is 11.4. The second-order valence-electron chi connectivity index (χ2n) is 2.55. The number of aromatic nitrogens is 1. The molecule has 1 aromatic rings. The monoisotopic (exact) mass is 161 g/mol. The summed E-state index contributed by atoms with van der Waals surface area (Å²) < 4.78 is 1.60. The lowest BCUT2D eigenvalue weighted by atomic mass is 10.3. The maximum Gasteiger partial charge on any atom is 0.254 e. The highest BCUT2D eigenvalue weighted by Gasteiger charge is 1.94. The van der Waals surface area contributed by atoms with Gasteiger partial charge in [-0.1, -0.05) is 12.0 Å². The Balaban J connectivity index is 3.06. The number of hydrogen-bond donors (Lipinski definition) is 0. The van der Waals surface area contributed by atoms with E-state index >= 15 is 0 Å². The summed E-state index contributed by atoms with van der Waals surface area (Å²) >= 11 is 0. The molecule has 1 heterocycles. The molecule has 0 fully saturated rings. The van der Waals surface area contributed by atoms with Crippen LogP contribution in [0.25, 0.3) is 0 Å². The first kappa shape index (κ1) is 8.61. The van der Waals surface area contributed by atoms with Gasteiger partial charge in [-0.3, -0.25) is 4.79 Å². The van der Waals surface area contributed by atoms with E-state index in [2.05, 4.69) is 11.8 Å². The number of nitrogens with zero attached hydrogens (tertiary/aromatic N) is 1. The first-order valence-corrected chi connectivity index (χ1v) is 3.81. The van der Waals surface area contributed by atoms with E-state index in [9.17, 15) is 4.79 Å². The predicted octanol–water partition coefficient (Wildman–Crippen LogP) is 1.18. The lowest BCUT2D eigenvalue weighted by Gasteiger charge is -1.99. The largest absolute Gasteiger partial charge is 0.304 e. The molecule has 1 aromatic heterocycles. The first-order valence-electron chi connectivity index (χ1n) is 3.81. The molecule has 1 rings (SSSR count). The van der Waals surface area contributed by atoms with Crippen molar-refractivity contribution in [3.8, 4) is 11.8 Å². The van der Waals surface area contributed by atoms with Gasteiger partial charge < -0.3 is 4.57 Å². The molecule has 0 aromatic carbocycles. The van der Waals surface area contributed by atoms with Gasteiger partial charge in [0.2, 0.25) is 0 Å². The highest BCUT2D eigenvalue weighted by atomic mass is 16.1. The quantitative estimate of drug-likeness (QED) is 0.567. The Morgan fingerprint density at radius 3 is 3.00 bits per heavy atom. The van der Waals surface area contributed by atoms with Crippen molar-refractivity contribution in [2.24, 2.45) is 0 Å². The fourth-order valence-electron chi connectivity index (χ4n) is 0.946. The first-order chi connectivity index (χ1) is 5.75. The van der Waals surface area contributed by atoms with Gasteiger partial charge in [-0.25, -0.2) is 0 Å². The average Bonchev–Trinajstić information content (AvgIpc) is 2.08. The van der Waals surface area contributed by atoms with E-state index in [0.717, 1.165) is 5.56 Å². The SMILES string of the molecule is CC#CCn1cccc(C)c1=O. The normalized spacial score (nSPS) is 8.83. The van der Waals surface area contributed by atoms with Crippen LogP contribution in [0.3, 0.4) is 0 Å². The van der Waals surface area contributed by atoms with Crippen molar-refractivity contribution in [2.45, 2.75) is 20.4 Å². The third-order valence-electron chi connectivity index (χ3n) is 1.64. The minimum atomic E-state index is 0.0419. The number of rotatable bonds is 1. The van der Waals surface area contributed by atoms with Crippen LogP contribution in [-0.2, 0) is 6.54 Å². The molecule has 0 aliphatic carbocycles. The molecule has 0 saturated carbocycles. The Kier molecular flexibility index (Phi) is 2.71. The third kappa shape index (κ3) is 1.76. The molecule has 0 aliphatic heterocycles. The second kappa shape index (κ2) is 3.77. The fourth-order valence-corrected chi connectivity index (χ4v) is 0.946. The van der Waals surface area contributed by atoms with Gasteiger partial charge >= 0.3 is 0 Å². The summed E-state index contributed by atoms with van der Waals surface area (Å²) in [5.41, 5.74) is 0.802. The zero-order chi connectivity index (χ0) is 8.97. The van der Waals surface area contributed by atoms with Crippen LogP contribution < -0.4 is 5.56 Å². The molecular formula is C10H11NO. The molecule has 0 atom stereocenters. The zero-order valence-electron chi connectivity index (χ0n) is 7.29. The van der Waals surface area contributed by atoms with Gasteiger partial charge in [0, 0.05) is 11.8 Å². The fraction of sp³-hybridized carbons (Fsp3) is 0.300. The molecule has 0 aliphatic rings. The summed E-state index contributed by atoms with van der Waals surface area (Å²) in [5, 5.41) is 0. The van der Waals surface area contributed by atoms with Crippen LogP contribution in [0.1, 0.15) is 12.5 Å². The minimum absolute atomic E-state index is 0.0419. The summed E-state index contributed by atoms with van der Waals surface area (Å²) in [6.07, 6.45) is 1.75. The van der Waals surface area contributed by atoms with Gasteiger partial charge in [-0.05, 0) is 19.9 Å². The number of hydrogen-bond acceptors (Lipinski definition) is 1. The predicted molar refractivity (Wildman–Crippen MR) is 48.9 cm³/mol. The summed E-state index contributed by atoms with van der Waals surface area (Å²) in [7, 11) is 0. The molecule has 12 heavy (non-hydrogen) atoms. The van der Waals surface area contributed by atoms with Gasteiger partial charge in [0.1, 0.15) is 0 Å². The molecule has 2 nitrogen and oxygen atoms in total. The van der Waals surface area contributed by atoms with E-state index in [4.69, 9.17) is 0 Å². The lowest BCUT2D eigenvalue weighted by Crippen LogP contribution is -2.20. The molecule has 0 saturated heterocycles. The van der Waals surface area contributed by atoms with E-state index in [1.54, 1.807) is 30.7 Å². The van der Waals surface area contributed by atoms with Crippen molar-refractivity contribution in [1.29, 1.82) is 0 Å². The highest BCUT2D eigenvalue weighted by Crippen LogP contribution is 1.87. The average molecular weight is 161 g/mol. The van der Waals surface area contributed by atoms with Gasteiger partial charge in [-0.15, -0.1) is 5.92 Å². The lowest BCUT2D eigenvalue weighted by molar-refractivity contribution is 0.787. The molecule has 0 bridgehead atoms. The molecule has 0 spiro atoms. The zero-order valence-corrected chi connectivity index (χ0v) is 7.29. The van der Waals surface area contributed by atoms with Crippen LogP contribution in [0.5, 0.6) is 0 Å². The Labute approximate surface area is 71.8 Å². The summed E-state index contributed by atoms with van der Waals surface area (Å²) in [5.74, 6) is 5.60. The Hall–Kier alpha value is -1.49. The van der Waals surface area contributed by atoms with Gasteiger partial charge in [0.15, 0.2) is 0 Å². The minimum Gasteiger partial charge on any atom is -0.304 e. The third-order valence-corrected chi connectivity index (χ3v) is 1.64. The van der Waals surface area contributed by atoms with Crippen molar-refractivity contribution in [3.63, 3.8) is 0 Å². The van der Waals surface area contributed by atoms with Crippen molar-refractivity contribution in [3.05, 3.63) is 34.2 Å². The van der Waals surface area contributed by atoms with Crippen LogP contribution in [-0.4, -0.2) is 4.57 Å². The van der Waals surface area contributed by atoms with Crippen molar-refractivity contribution < 1.29 is 0 Å². The van der Waals surface area contributed by atoms with Crippen LogP contribution in [0.15, 0.2) is 23.1 Å². The molecule has 0 unspecified atom stereocenters. The van der Waals surface area contributed by atoms with Gasteiger partial charge in [-0.2, -0.15) is 0 Å². The van der Waals surface area contributed by atoms with Crippen LogP contribution in [0.2, 0.25) is 0 Å². The standard InChI is InChI=1S/C10H11NO/c1-3-4-7-11-8-5-6-9(2)10(11)12/h5-6,8H,7H2,1-2H3. The van der Waals surface area contributed by atoms with E-state index in [-0.39, 0.29) is 5.56 Å². The van der Waals surface area contributed by atoms with Crippen LogP contribution >= 0.6 is 0 Å². The summed E-state index contributed by atoms with van der Waals surface area (Å²) in [6.45, 7) is 4.05. The van der Waals surface area contributed by atoms with Gasteiger partial charge in [0.05, 0.1) is 6.54 Å². The van der Waals surface area contributed by atoms with Crippen LogP contribution in [0, 0.1) is 18.8 Å². The smallest absolute Gasteiger partial charge is 0.254 e. The van der Waals surface area contributed by atoms with Crippen molar-refractivity contribution in [1.82, 2.24) is 4.57 Å². The molecular weight excluding hydrogens is 150 g/mol. The Morgan fingerprint density at radius 2 is 2.33 bits per heavy atom. The molecule has 0 amide bonds. The molecule has 0 radical (unpaired) electrons. The number of pyridine rings is 1. The maximum atomic E-state index is 11.4. The summed E-state index contributed by atoms with van der Waals surface area (Å²) in [4.78, 5) is 11.4. The molecule has 0 N–H and O–H groups in total. The van der Waals surface area contributed by atoms with Crippen molar-refractivity contribution in [2.75, 3.05) is 0 Å². The Morgan fingerprint density at radius 1 is 1.58 bits per heavy atom. The van der Waals surface area contributed by atoms with E-state index in [1.165, 1.54) is 0 Å². The number of aryl methyl sites for hydroxylation is 1. The second-order valence-corrected chi connectivity index (χ2v) is 2.55. The van der Waals surface area contributed by atoms with Gasteiger partial charge in [0.25, 0.3) is 5.56 Å². The van der Waals surface area contributed by atoms with E-state index in [0.29, 0.717) is 6.54 Å².